The number of halogens is 2. The van der Waals surface area contributed by atoms with Crippen molar-refractivity contribution in [3.05, 3.63) is 59.4 Å². The van der Waals surface area contributed by atoms with Gasteiger partial charge >= 0.3 is 0 Å². The molecule has 1 N–H and O–H groups in total. The number of ether oxygens (including phenoxy) is 1. The maximum atomic E-state index is 13.0. The zero-order chi connectivity index (χ0) is 14.5. The number of carbonyl (C=O) groups excluding carboxylic acids is 1. The van der Waals surface area contributed by atoms with Gasteiger partial charge in [0.1, 0.15) is 11.6 Å². The lowest BCUT2D eigenvalue weighted by Gasteiger charge is -2.14. The summed E-state index contributed by atoms with van der Waals surface area (Å²) in [6, 6.07) is 12.4. The molecule has 2 aromatic rings. The maximum Gasteiger partial charge on any atom is 0.265 e. The lowest BCUT2D eigenvalue weighted by molar-refractivity contribution is -0.122. The molecule has 5 heteroatoms. The molecule has 0 heterocycles. The highest BCUT2D eigenvalue weighted by Gasteiger charge is 2.15. The number of rotatable bonds is 4. The van der Waals surface area contributed by atoms with Crippen molar-refractivity contribution in [3.8, 4) is 5.75 Å². The Labute approximate surface area is 121 Å². The monoisotopic (exact) mass is 293 g/mol. The molecule has 1 amide bonds. The van der Waals surface area contributed by atoms with Gasteiger partial charge in [0, 0.05) is 16.8 Å². The van der Waals surface area contributed by atoms with E-state index in [0.717, 1.165) is 0 Å². The normalized spacial score (nSPS) is 11.8. The lowest BCUT2D eigenvalue weighted by atomic mass is 10.3. The molecule has 0 aliphatic carbocycles. The summed E-state index contributed by atoms with van der Waals surface area (Å²) in [5.74, 6) is -0.423. The van der Waals surface area contributed by atoms with Crippen LogP contribution < -0.4 is 10.1 Å². The zero-order valence-electron chi connectivity index (χ0n) is 10.8. The van der Waals surface area contributed by atoms with Crippen LogP contribution in [0.15, 0.2) is 48.5 Å². The fourth-order valence-corrected chi connectivity index (χ4v) is 1.70. The fourth-order valence-electron chi connectivity index (χ4n) is 1.58. The number of carbonyl (C=O) groups is 1. The van der Waals surface area contributed by atoms with Gasteiger partial charge in [-0.15, -0.1) is 0 Å². The van der Waals surface area contributed by atoms with Crippen molar-refractivity contribution < 1.29 is 13.9 Å². The third kappa shape index (κ3) is 3.96. The number of hydrogen-bond donors (Lipinski definition) is 1. The highest BCUT2D eigenvalue weighted by atomic mass is 35.5. The molecule has 0 fully saturated rings. The number of nitrogens with one attached hydrogen (secondary N) is 1. The van der Waals surface area contributed by atoms with Gasteiger partial charge in [-0.1, -0.05) is 17.7 Å². The third-order valence-electron chi connectivity index (χ3n) is 2.59. The molecule has 0 saturated heterocycles. The smallest absolute Gasteiger partial charge is 0.265 e. The van der Waals surface area contributed by atoms with Gasteiger partial charge in [0.05, 0.1) is 0 Å². The first-order valence-corrected chi connectivity index (χ1v) is 6.41. The molecular formula is C15H13ClFNO2. The Balaban J connectivity index is 1.96. The van der Waals surface area contributed by atoms with Gasteiger partial charge < -0.3 is 10.1 Å². The molecule has 20 heavy (non-hydrogen) atoms. The number of hydrogen-bond acceptors (Lipinski definition) is 2. The van der Waals surface area contributed by atoms with Crippen LogP contribution in [-0.2, 0) is 4.79 Å². The summed E-state index contributed by atoms with van der Waals surface area (Å²) >= 11 is 5.76. The van der Waals surface area contributed by atoms with Gasteiger partial charge in [0.15, 0.2) is 6.10 Å². The van der Waals surface area contributed by atoms with Crippen molar-refractivity contribution >= 4 is 23.2 Å². The average Bonchev–Trinajstić information content (AvgIpc) is 2.41. The minimum absolute atomic E-state index is 0.309. The molecule has 0 bridgehead atoms. The molecule has 0 aromatic heterocycles. The predicted molar refractivity (Wildman–Crippen MR) is 76.6 cm³/mol. The van der Waals surface area contributed by atoms with Crippen molar-refractivity contribution in [1.29, 1.82) is 0 Å². The second-order valence-corrected chi connectivity index (χ2v) is 4.65. The second-order valence-electron chi connectivity index (χ2n) is 4.21. The van der Waals surface area contributed by atoms with Gasteiger partial charge in [0.2, 0.25) is 0 Å². The Morgan fingerprint density at radius 1 is 1.25 bits per heavy atom. The van der Waals surface area contributed by atoms with E-state index in [4.69, 9.17) is 16.3 Å². The van der Waals surface area contributed by atoms with Crippen molar-refractivity contribution in [3.63, 3.8) is 0 Å². The molecule has 3 nitrogen and oxygen atoms in total. The summed E-state index contributed by atoms with van der Waals surface area (Å²) in [5.41, 5.74) is 0.620. The van der Waals surface area contributed by atoms with Gasteiger partial charge in [-0.2, -0.15) is 0 Å². The zero-order valence-corrected chi connectivity index (χ0v) is 11.5. The van der Waals surface area contributed by atoms with Crippen molar-refractivity contribution in [2.24, 2.45) is 0 Å². The average molecular weight is 294 g/mol. The standard InChI is InChI=1S/C15H13ClFNO2/c1-10(20-14-4-2-3-12(17)9-14)15(19)18-13-7-5-11(16)6-8-13/h2-10H,1H3,(H,18,19)/t10-/m1/s1. The Kier molecular flexibility index (Phi) is 4.58. The third-order valence-corrected chi connectivity index (χ3v) is 2.84. The molecule has 0 unspecified atom stereocenters. The van der Waals surface area contributed by atoms with Gasteiger partial charge in [-0.3, -0.25) is 4.79 Å². The van der Waals surface area contributed by atoms with Crippen molar-refractivity contribution in [1.82, 2.24) is 0 Å². The summed E-state index contributed by atoms with van der Waals surface area (Å²) in [6.07, 6.45) is -0.743. The Morgan fingerprint density at radius 2 is 1.95 bits per heavy atom. The molecule has 0 saturated carbocycles. The van der Waals surface area contributed by atoms with E-state index < -0.39 is 11.9 Å². The minimum atomic E-state index is -0.743. The summed E-state index contributed by atoms with van der Waals surface area (Å²) < 4.78 is 18.4. The quantitative estimate of drug-likeness (QED) is 0.929. The van der Waals surface area contributed by atoms with E-state index in [1.165, 1.54) is 18.2 Å². The summed E-state index contributed by atoms with van der Waals surface area (Å²) in [5, 5.41) is 3.28. The van der Waals surface area contributed by atoms with Crippen LogP contribution in [-0.4, -0.2) is 12.0 Å². The van der Waals surface area contributed by atoms with Gasteiger partial charge in [0.25, 0.3) is 5.91 Å². The molecular weight excluding hydrogens is 281 g/mol. The highest BCUT2D eigenvalue weighted by Crippen LogP contribution is 2.16. The topological polar surface area (TPSA) is 38.3 Å². The van der Waals surface area contributed by atoms with E-state index >= 15 is 0 Å². The van der Waals surface area contributed by atoms with Gasteiger partial charge in [-0.25, -0.2) is 4.39 Å². The molecule has 1 atom stereocenters. The van der Waals surface area contributed by atoms with E-state index in [0.29, 0.717) is 16.5 Å². The van der Waals surface area contributed by atoms with Crippen molar-refractivity contribution in [2.45, 2.75) is 13.0 Å². The Bertz CT molecular complexity index is 601. The van der Waals surface area contributed by atoms with Crippen LogP contribution >= 0.6 is 11.6 Å². The summed E-state index contributed by atoms with van der Waals surface area (Å²) in [7, 11) is 0. The van der Waals surface area contributed by atoms with E-state index in [-0.39, 0.29) is 5.91 Å². The van der Waals surface area contributed by atoms with E-state index in [9.17, 15) is 9.18 Å². The van der Waals surface area contributed by atoms with E-state index in [2.05, 4.69) is 5.32 Å². The Morgan fingerprint density at radius 3 is 2.60 bits per heavy atom. The predicted octanol–water partition coefficient (Wildman–Crippen LogP) is 3.89. The first-order valence-electron chi connectivity index (χ1n) is 6.03. The van der Waals surface area contributed by atoms with Crippen LogP contribution in [0.2, 0.25) is 5.02 Å². The first-order chi connectivity index (χ1) is 9.54. The van der Waals surface area contributed by atoms with Gasteiger partial charge in [-0.05, 0) is 43.3 Å². The maximum absolute atomic E-state index is 13.0. The molecule has 0 aliphatic heterocycles. The van der Waals surface area contributed by atoms with Crippen LogP contribution in [0, 0.1) is 5.82 Å². The molecule has 104 valence electrons. The van der Waals surface area contributed by atoms with Crippen LogP contribution in [0.3, 0.4) is 0 Å². The minimum Gasteiger partial charge on any atom is -0.481 e. The second kappa shape index (κ2) is 6.39. The van der Waals surface area contributed by atoms with Crippen LogP contribution in [0.4, 0.5) is 10.1 Å². The first kappa shape index (κ1) is 14.3. The molecule has 0 aliphatic rings. The number of anilines is 1. The fraction of sp³-hybridized carbons (Fsp3) is 0.133. The van der Waals surface area contributed by atoms with Crippen molar-refractivity contribution in [2.75, 3.05) is 5.32 Å². The SMILES string of the molecule is C[C@@H](Oc1cccc(F)c1)C(=O)Nc1ccc(Cl)cc1. The summed E-state index contributed by atoms with van der Waals surface area (Å²) in [4.78, 5) is 11.9. The molecule has 2 rings (SSSR count). The molecule has 0 spiro atoms. The highest BCUT2D eigenvalue weighted by molar-refractivity contribution is 6.30. The largest absolute Gasteiger partial charge is 0.481 e. The number of amides is 1. The lowest BCUT2D eigenvalue weighted by Crippen LogP contribution is -2.30. The van der Waals surface area contributed by atoms with Crippen LogP contribution in [0.1, 0.15) is 6.92 Å². The van der Waals surface area contributed by atoms with Crippen LogP contribution in [0.5, 0.6) is 5.75 Å². The molecule has 0 radical (unpaired) electrons. The molecule has 2 aromatic carbocycles. The summed E-state index contributed by atoms with van der Waals surface area (Å²) in [6.45, 7) is 1.59. The number of benzene rings is 2. The van der Waals surface area contributed by atoms with Crippen LogP contribution in [0.25, 0.3) is 0 Å². The van der Waals surface area contributed by atoms with E-state index in [1.807, 2.05) is 0 Å². The Hall–Kier alpha value is -2.07. The van der Waals surface area contributed by atoms with E-state index in [1.54, 1.807) is 37.3 Å².